The van der Waals surface area contributed by atoms with E-state index in [9.17, 15) is 19.1 Å². The highest BCUT2D eigenvalue weighted by Gasteiger charge is 2.22. The molecule has 7 nitrogen and oxygen atoms in total. The predicted octanol–water partition coefficient (Wildman–Crippen LogP) is 7.30. The first-order valence-corrected chi connectivity index (χ1v) is 15.6. The summed E-state index contributed by atoms with van der Waals surface area (Å²) in [6.45, 7) is 3.61. The molecule has 0 unspecified atom stereocenters. The molecule has 0 aromatic heterocycles. The van der Waals surface area contributed by atoms with E-state index < -0.39 is 17.7 Å². The number of hydrogen-bond acceptors (Lipinski definition) is 5. The van der Waals surface area contributed by atoms with Crippen LogP contribution in [0, 0.1) is 5.82 Å². The van der Waals surface area contributed by atoms with Crippen molar-refractivity contribution < 1.29 is 23.8 Å². The lowest BCUT2D eigenvalue weighted by Gasteiger charge is -2.31. The lowest BCUT2D eigenvalue weighted by molar-refractivity contribution is -0.120. The Labute approximate surface area is 254 Å². The van der Waals surface area contributed by atoms with Crippen molar-refractivity contribution in [2.24, 2.45) is 0 Å². The highest BCUT2D eigenvalue weighted by atomic mass is 19.1. The van der Waals surface area contributed by atoms with E-state index in [1.807, 2.05) is 54.6 Å². The van der Waals surface area contributed by atoms with Crippen LogP contribution in [0.4, 0.5) is 14.9 Å². The summed E-state index contributed by atoms with van der Waals surface area (Å²) < 4.78 is 19.1. The van der Waals surface area contributed by atoms with Gasteiger partial charge in [0.25, 0.3) is 0 Å². The Morgan fingerprint density at radius 3 is 2.28 bits per heavy atom. The van der Waals surface area contributed by atoms with E-state index in [1.165, 1.54) is 37.8 Å². The first kappa shape index (κ1) is 32.0. The Hall–Kier alpha value is -3.91. The largest absolute Gasteiger partial charge is 0.505 e. The number of carbonyl (C=O) groups is 2. The summed E-state index contributed by atoms with van der Waals surface area (Å²) in [6.07, 6.45) is 9.33. The second-order valence-electron chi connectivity index (χ2n) is 11.3. The molecule has 0 bridgehead atoms. The number of halogens is 1. The molecular weight excluding hydrogens is 545 g/mol. The van der Waals surface area contributed by atoms with Crippen LogP contribution in [0.2, 0.25) is 0 Å². The van der Waals surface area contributed by atoms with Gasteiger partial charge in [0.15, 0.2) is 11.6 Å². The van der Waals surface area contributed by atoms with Crippen molar-refractivity contribution in [3.8, 4) is 16.9 Å². The number of amides is 2. The van der Waals surface area contributed by atoms with E-state index in [1.54, 1.807) is 6.07 Å². The van der Waals surface area contributed by atoms with Crippen LogP contribution in [0.1, 0.15) is 63.4 Å². The van der Waals surface area contributed by atoms with Gasteiger partial charge in [-0.15, -0.1) is 0 Å². The van der Waals surface area contributed by atoms with Crippen LogP contribution < -0.4 is 10.6 Å². The number of phenols is 1. The number of likely N-dealkylation sites (tertiary alicyclic amines) is 1. The number of ether oxygens (including phenoxy) is 1. The van der Waals surface area contributed by atoms with Crippen LogP contribution in [0.15, 0.2) is 72.8 Å². The number of piperidine rings is 1. The van der Waals surface area contributed by atoms with E-state index in [-0.39, 0.29) is 18.4 Å². The third-order valence-electron chi connectivity index (χ3n) is 7.91. The maximum atomic E-state index is 13.4. The molecule has 0 atom stereocenters. The minimum atomic E-state index is -0.705. The van der Waals surface area contributed by atoms with Gasteiger partial charge in [-0.2, -0.15) is 0 Å². The van der Waals surface area contributed by atoms with Gasteiger partial charge in [0.05, 0.1) is 12.1 Å². The lowest BCUT2D eigenvalue weighted by Crippen LogP contribution is -2.38. The van der Waals surface area contributed by atoms with Crippen LogP contribution in [-0.2, 0) is 16.0 Å². The Bertz CT molecular complexity index is 1300. The van der Waals surface area contributed by atoms with Crippen molar-refractivity contribution in [1.29, 1.82) is 0 Å². The van der Waals surface area contributed by atoms with Crippen molar-refractivity contribution in [2.45, 2.75) is 70.3 Å². The summed E-state index contributed by atoms with van der Waals surface area (Å²) in [4.78, 5) is 27.1. The van der Waals surface area contributed by atoms with Crippen LogP contribution in [0.25, 0.3) is 11.1 Å². The fourth-order valence-corrected chi connectivity index (χ4v) is 5.48. The van der Waals surface area contributed by atoms with E-state index >= 15 is 0 Å². The number of phenolic OH excluding ortho intramolecular Hbond substituents is 1. The van der Waals surface area contributed by atoms with E-state index in [2.05, 4.69) is 15.5 Å². The lowest BCUT2D eigenvalue weighted by atomic mass is 10.0. The molecule has 3 N–H and O–H groups in total. The Morgan fingerprint density at radius 1 is 0.860 bits per heavy atom. The third-order valence-corrected chi connectivity index (χ3v) is 7.91. The fourth-order valence-electron chi connectivity index (χ4n) is 5.48. The smallest absolute Gasteiger partial charge is 0.411 e. The number of unbranched alkanes of at least 4 members (excludes halogenated alkanes) is 6. The minimum absolute atomic E-state index is 0.0549. The highest BCUT2D eigenvalue weighted by molar-refractivity contribution is 5.91. The van der Waals surface area contributed by atoms with Gasteiger partial charge in [-0.25, -0.2) is 9.18 Å². The number of nitrogens with zero attached hydrogens (tertiary/aromatic N) is 1. The zero-order valence-corrected chi connectivity index (χ0v) is 24.9. The topological polar surface area (TPSA) is 90.9 Å². The van der Waals surface area contributed by atoms with Crippen molar-refractivity contribution in [1.82, 2.24) is 10.2 Å². The normalized spacial score (nSPS) is 13.9. The van der Waals surface area contributed by atoms with Crippen LogP contribution >= 0.6 is 0 Å². The molecule has 4 rings (SSSR count). The standard InChI is InChI=1S/C35H44FN3O4/c36-31-25-27(17-18-33(31)40)26-34(41)37-21-11-4-2-1-3-5-12-22-39-23-19-29(20-24-39)43-35(42)38-32-16-10-9-15-30(32)28-13-7-6-8-14-28/h6-10,13-18,25,29,40H,1-5,11-12,19-24,26H2,(H,37,41)(H,38,42). The molecule has 0 radical (unpaired) electrons. The van der Waals surface area contributed by atoms with Gasteiger partial charge < -0.3 is 20.1 Å². The molecule has 43 heavy (non-hydrogen) atoms. The summed E-state index contributed by atoms with van der Waals surface area (Å²) >= 11 is 0. The average molecular weight is 590 g/mol. The summed E-state index contributed by atoms with van der Waals surface area (Å²) in [5, 5.41) is 15.1. The molecule has 1 fully saturated rings. The van der Waals surface area contributed by atoms with Gasteiger partial charge in [0.2, 0.25) is 5.91 Å². The number of anilines is 1. The molecule has 3 aromatic carbocycles. The summed E-state index contributed by atoms with van der Waals surface area (Å²) in [7, 11) is 0. The SMILES string of the molecule is O=C(Cc1ccc(O)c(F)c1)NCCCCCCCCCN1CCC(OC(=O)Nc2ccccc2-c2ccccc2)CC1. The zero-order chi connectivity index (χ0) is 30.3. The Balaban J connectivity index is 0.991. The van der Waals surface area contributed by atoms with Crippen molar-refractivity contribution >= 4 is 17.7 Å². The second kappa shape index (κ2) is 17.3. The molecule has 0 spiro atoms. The molecule has 1 heterocycles. The number of benzene rings is 3. The predicted molar refractivity (Wildman–Crippen MR) is 169 cm³/mol. The maximum absolute atomic E-state index is 13.4. The summed E-state index contributed by atoms with van der Waals surface area (Å²) in [5.74, 6) is -1.24. The van der Waals surface area contributed by atoms with Gasteiger partial charge in [-0.3, -0.25) is 10.1 Å². The first-order chi connectivity index (χ1) is 21.0. The van der Waals surface area contributed by atoms with Gasteiger partial charge >= 0.3 is 6.09 Å². The Morgan fingerprint density at radius 2 is 1.53 bits per heavy atom. The molecule has 230 valence electrons. The van der Waals surface area contributed by atoms with Gasteiger partial charge in [0, 0.05) is 25.2 Å². The zero-order valence-electron chi connectivity index (χ0n) is 24.9. The van der Waals surface area contributed by atoms with Gasteiger partial charge in [-0.05, 0) is 61.6 Å². The van der Waals surface area contributed by atoms with E-state index in [4.69, 9.17) is 4.74 Å². The number of carbonyl (C=O) groups excluding carboxylic acids is 2. The molecule has 1 aliphatic heterocycles. The van der Waals surface area contributed by atoms with E-state index in [0.29, 0.717) is 12.1 Å². The fraction of sp³-hybridized carbons (Fsp3) is 0.429. The van der Waals surface area contributed by atoms with Crippen LogP contribution in [0.5, 0.6) is 5.75 Å². The molecule has 0 aliphatic carbocycles. The molecule has 3 aromatic rings. The summed E-state index contributed by atoms with van der Waals surface area (Å²) in [5.41, 5.74) is 3.33. The third kappa shape index (κ3) is 11.0. The van der Waals surface area contributed by atoms with Gasteiger partial charge in [-0.1, -0.05) is 86.7 Å². The van der Waals surface area contributed by atoms with Crippen molar-refractivity contribution in [2.75, 3.05) is 31.5 Å². The monoisotopic (exact) mass is 589 g/mol. The number of aromatic hydroxyl groups is 1. The molecule has 0 saturated carbocycles. The molecular formula is C35H44FN3O4. The number of para-hydroxylation sites is 1. The van der Waals surface area contributed by atoms with Crippen molar-refractivity contribution in [3.05, 3.63) is 84.2 Å². The van der Waals surface area contributed by atoms with Crippen LogP contribution in [-0.4, -0.2) is 54.3 Å². The molecule has 2 amide bonds. The number of nitrogens with one attached hydrogen (secondary N) is 2. The maximum Gasteiger partial charge on any atom is 0.411 e. The molecule has 1 saturated heterocycles. The molecule has 1 aliphatic rings. The second-order valence-corrected chi connectivity index (χ2v) is 11.3. The van der Waals surface area contributed by atoms with Gasteiger partial charge in [0.1, 0.15) is 6.10 Å². The quantitative estimate of drug-likeness (QED) is 0.162. The highest BCUT2D eigenvalue weighted by Crippen LogP contribution is 2.28. The first-order valence-electron chi connectivity index (χ1n) is 15.6. The molecule has 8 heteroatoms. The number of hydrogen-bond donors (Lipinski definition) is 3. The van der Waals surface area contributed by atoms with Crippen molar-refractivity contribution in [3.63, 3.8) is 0 Å². The number of rotatable bonds is 15. The van der Waals surface area contributed by atoms with E-state index in [0.717, 1.165) is 68.6 Å². The van der Waals surface area contributed by atoms with Crippen LogP contribution in [0.3, 0.4) is 0 Å². The Kier molecular flexibility index (Phi) is 12.9. The minimum Gasteiger partial charge on any atom is -0.505 e. The summed E-state index contributed by atoms with van der Waals surface area (Å²) in [6, 6.07) is 21.8. The average Bonchev–Trinajstić information content (AvgIpc) is 3.01.